The fraction of sp³-hybridized carbons (Fsp3) is 0.667. The molecule has 2 amide bonds. The zero-order valence-corrected chi connectivity index (χ0v) is 27.0. The van der Waals surface area contributed by atoms with Crippen LogP contribution in [0.1, 0.15) is 78.8 Å². The molecule has 3 aliphatic rings. The topological polar surface area (TPSA) is 150 Å². The van der Waals surface area contributed by atoms with E-state index in [1.54, 1.807) is 59.7 Å². The number of amides is 2. The summed E-state index contributed by atoms with van der Waals surface area (Å²) in [5, 5.41) is 0. The number of carbonyl (C=O) groups excluding carboxylic acids is 4. The summed E-state index contributed by atoms with van der Waals surface area (Å²) in [5.41, 5.74) is -0.726. The molecule has 0 aromatic heterocycles. The number of benzene rings is 1. The van der Waals surface area contributed by atoms with Gasteiger partial charge in [-0.2, -0.15) is 0 Å². The van der Waals surface area contributed by atoms with Crippen LogP contribution in [0.15, 0.2) is 18.2 Å². The van der Waals surface area contributed by atoms with Crippen molar-refractivity contribution in [1.82, 2.24) is 14.5 Å². The predicted molar refractivity (Wildman–Crippen MR) is 159 cm³/mol. The van der Waals surface area contributed by atoms with Gasteiger partial charge in [-0.15, -0.1) is 0 Å². The number of likely N-dealkylation sites (tertiary alicyclic amines) is 2. The summed E-state index contributed by atoms with van der Waals surface area (Å²) < 4.78 is 42.4. The van der Waals surface area contributed by atoms with E-state index in [9.17, 15) is 23.4 Å². The van der Waals surface area contributed by atoms with E-state index in [-0.39, 0.29) is 43.1 Å². The van der Waals surface area contributed by atoms with E-state index < -0.39 is 52.5 Å². The van der Waals surface area contributed by atoms with Crippen molar-refractivity contribution in [3.63, 3.8) is 0 Å². The molecule has 14 heteroatoms. The number of carbonyl (C=O) groups is 4. The monoisotopic (exact) mass is 637 g/mol. The highest BCUT2D eigenvalue weighted by Crippen LogP contribution is 2.30. The molecule has 3 aliphatic heterocycles. The first-order valence-electron chi connectivity index (χ1n) is 14.9. The van der Waals surface area contributed by atoms with Crippen LogP contribution in [0.25, 0.3) is 0 Å². The Balaban J connectivity index is 1.43. The van der Waals surface area contributed by atoms with Gasteiger partial charge in [0.05, 0.1) is 12.6 Å². The highest BCUT2D eigenvalue weighted by Gasteiger charge is 2.38. The molecule has 2 unspecified atom stereocenters. The van der Waals surface area contributed by atoms with Gasteiger partial charge in [-0.1, -0.05) is 0 Å². The van der Waals surface area contributed by atoms with Gasteiger partial charge in [-0.25, -0.2) is 18.5 Å². The molecule has 0 spiro atoms. The van der Waals surface area contributed by atoms with Crippen molar-refractivity contribution in [3.05, 3.63) is 23.8 Å². The second-order valence-corrected chi connectivity index (χ2v) is 14.0. The van der Waals surface area contributed by atoms with Crippen LogP contribution >= 0.6 is 0 Å². The molecule has 3 saturated heterocycles. The molecular formula is C30H43N3O10S. The number of nitrogens with one attached hydrogen (secondary N) is 1. The predicted octanol–water partition coefficient (Wildman–Crippen LogP) is 2.35. The molecule has 0 radical (unpaired) electrons. The lowest BCUT2D eigenvalue weighted by molar-refractivity contribution is -0.164. The van der Waals surface area contributed by atoms with Gasteiger partial charge in [0, 0.05) is 19.2 Å². The molecule has 0 aliphatic carbocycles. The third-order valence-electron chi connectivity index (χ3n) is 7.11. The van der Waals surface area contributed by atoms with Crippen LogP contribution in [0, 0.1) is 0 Å². The Hall–Kier alpha value is -3.23. The molecular weight excluding hydrogens is 594 g/mol. The lowest BCUT2D eigenvalue weighted by atomic mass is 10.1. The molecule has 1 N–H and O–H groups in total. The molecule has 244 valence electrons. The molecule has 1 aromatic rings. The van der Waals surface area contributed by atoms with Crippen LogP contribution in [-0.2, 0) is 44.1 Å². The van der Waals surface area contributed by atoms with Crippen molar-refractivity contribution in [2.75, 3.05) is 32.9 Å². The second-order valence-electron chi connectivity index (χ2n) is 13.1. The minimum atomic E-state index is -1.67. The van der Waals surface area contributed by atoms with Gasteiger partial charge in [-0.05, 0) is 84.9 Å². The highest BCUT2D eigenvalue weighted by molar-refractivity contribution is 7.78. The third-order valence-corrected chi connectivity index (χ3v) is 7.94. The van der Waals surface area contributed by atoms with E-state index >= 15 is 0 Å². The first-order valence-corrected chi connectivity index (χ1v) is 15.9. The number of nitrogens with zero attached hydrogens (tertiary/aromatic N) is 2. The number of rotatable bonds is 9. The van der Waals surface area contributed by atoms with Gasteiger partial charge in [0.15, 0.2) is 13.2 Å². The molecule has 4 atom stereocenters. The van der Waals surface area contributed by atoms with E-state index in [0.717, 1.165) is 0 Å². The van der Waals surface area contributed by atoms with E-state index in [0.29, 0.717) is 44.3 Å². The molecule has 44 heavy (non-hydrogen) atoms. The number of esters is 2. The maximum absolute atomic E-state index is 13.1. The van der Waals surface area contributed by atoms with Crippen molar-refractivity contribution in [3.8, 4) is 11.5 Å². The Morgan fingerprint density at radius 3 is 1.66 bits per heavy atom. The van der Waals surface area contributed by atoms with Crippen molar-refractivity contribution >= 4 is 35.0 Å². The summed E-state index contributed by atoms with van der Waals surface area (Å²) >= 11 is -1.67. The fourth-order valence-corrected chi connectivity index (χ4v) is 6.02. The average Bonchev–Trinajstić information content (AvgIpc) is 3.69. The Bertz CT molecular complexity index is 1190. The molecule has 13 nitrogen and oxygen atoms in total. The van der Waals surface area contributed by atoms with Crippen LogP contribution in [0.3, 0.4) is 0 Å². The van der Waals surface area contributed by atoms with Gasteiger partial charge < -0.3 is 28.7 Å². The average molecular weight is 638 g/mol. The van der Waals surface area contributed by atoms with Gasteiger partial charge in [-0.3, -0.25) is 13.8 Å². The summed E-state index contributed by atoms with van der Waals surface area (Å²) in [5.74, 6) is -1.08. The minimum Gasteiger partial charge on any atom is -0.484 e. The van der Waals surface area contributed by atoms with Gasteiger partial charge in [0.1, 0.15) is 34.8 Å². The second kappa shape index (κ2) is 13.8. The van der Waals surface area contributed by atoms with Crippen molar-refractivity contribution in [1.29, 1.82) is 0 Å². The third kappa shape index (κ3) is 9.14. The number of hydrogen-bond acceptors (Lipinski definition) is 10. The Morgan fingerprint density at radius 1 is 0.818 bits per heavy atom. The van der Waals surface area contributed by atoms with Gasteiger partial charge in [0.2, 0.25) is 11.3 Å². The smallest absolute Gasteiger partial charge is 0.329 e. The molecule has 0 saturated carbocycles. The SMILES string of the molecule is CC(C)(C)OC(=O)C1CCCN1C(=O)COc1cc(OCC(=O)N2CCC[C@@H]2C(=O)OC(C)(C)C)cc([C@@H]2COS(=O)N2)c1. The van der Waals surface area contributed by atoms with Gasteiger partial charge >= 0.3 is 11.9 Å². The number of hydrogen-bond donors (Lipinski definition) is 1. The summed E-state index contributed by atoms with van der Waals surface area (Å²) in [6, 6.07) is 3.08. The Morgan fingerprint density at radius 2 is 1.27 bits per heavy atom. The standard InChI is InChI=1S/C30H43N3O10S/c1-29(2,3)42-27(36)23-9-7-11-32(23)25(34)17-39-20-13-19(22-16-41-44(38)31-22)14-21(15-20)40-18-26(35)33-12-8-10-24(33)28(37)43-30(4,5)6/h13-15,22-24,31H,7-12,16-18H2,1-6H3/t22-,23+,24?,44?/m0/s1. The van der Waals surface area contributed by atoms with Crippen molar-refractivity contribution in [2.45, 2.75) is 96.6 Å². The van der Waals surface area contributed by atoms with Crippen molar-refractivity contribution < 1.29 is 46.5 Å². The van der Waals surface area contributed by atoms with Crippen LogP contribution in [0.4, 0.5) is 0 Å². The molecule has 3 heterocycles. The first-order chi connectivity index (χ1) is 20.6. The number of ether oxygens (including phenoxy) is 4. The Labute approximate surface area is 260 Å². The van der Waals surface area contributed by atoms with Crippen LogP contribution in [-0.4, -0.2) is 94.0 Å². The summed E-state index contributed by atoms with van der Waals surface area (Å²) in [4.78, 5) is 54.5. The largest absolute Gasteiger partial charge is 0.484 e. The molecule has 0 bridgehead atoms. The van der Waals surface area contributed by atoms with E-state index in [1.807, 2.05) is 0 Å². The minimum absolute atomic E-state index is 0.129. The lowest BCUT2D eigenvalue weighted by Gasteiger charge is -2.27. The van der Waals surface area contributed by atoms with Gasteiger partial charge in [0.25, 0.3) is 11.8 Å². The first kappa shape index (κ1) is 33.7. The van der Waals surface area contributed by atoms with Crippen LogP contribution < -0.4 is 14.2 Å². The lowest BCUT2D eigenvalue weighted by Crippen LogP contribution is -2.45. The summed E-state index contributed by atoms with van der Waals surface area (Å²) in [6.45, 7) is 10.9. The summed E-state index contributed by atoms with van der Waals surface area (Å²) in [6.07, 6.45) is 2.37. The van der Waals surface area contributed by atoms with Crippen LogP contribution in [0.2, 0.25) is 0 Å². The molecule has 1 aromatic carbocycles. The maximum Gasteiger partial charge on any atom is 0.329 e. The van der Waals surface area contributed by atoms with Crippen molar-refractivity contribution in [2.24, 2.45) is 0 Å². The maximum atomic E-state index is 13.1. The quantitative estimate of drug-likeness (QED) is 0.400. The molecule has 4 rings (SSSR count). The van der Waals surface area contributed by atoms with E-state index in [4.69, 9.17) is 23.1 Å². The van der Waals surface area contributed by atoms with E-state index in [1.165, 1.54) is 9.80 Å². The summed E-state index contributed by atoms with van der Waals surface area (Å²) in [7, 11) is 0. The molecule has 3 fully saturated rings. The van der Waals surface area contributed by atoms with Crippen LogP contribution in [0.5, 0.6) is 11.5 Å². The van der Waals surface area contributed by atoms with E-state index in [2.05, 4.69) is 4.72 Å². The zero-order chi connectivity index (χ0) is 32.2. The normalized spacial score (nSPS) is 23.9. The fourth-order valence-electron chi connectivity index (χ4n) is 5.26. The highest BCUT2D eigenvalue weighted by atomic mass is 32.2. The Kier molecular flexibility index (Phi) is 10.6. The zero-order valence-electron chi connectivity index (χ0n) is 26.2.